The van der Waals surface area contributed by atoms with E-state index in [0.29, 0.717) is 24.3 Å². The summed E-state index contributed by atoms with van der Waals surface area (Å²) in [5.74, 6) is -1.97. The second kappa shape index (κ2) is 6.26. The summed E-state index contributed by atoms with van der Waals surface area (Å²) in [5.41, 5.74) is 1.19. The molecule has 0 saturated carbocycles. The van der Waals surface area contributed by atoms with Crippen LogP contribution in [-0.4, -0.2) is 45.1 Å². The first-order valence-electron chi connectivity index (χ1n) is 7.71. The molecule has 0 N–H and O–H groups in total. The molecule has 1 saturated heterocycles. The molecule has 1 aromatic carbocycles. The molecule has 1 aromatic heterocycles. The molecule has 0 radical (unpaired) electrons. The lowest BCUT2D eigenvalue weighted by Crippen LogP contribution is -2.44. The Bertz CT molecular complexity index is 727. The second-order valence-electron chi connectivity index (χ2n) is 5.89. The largest absolute Gasteiger partial charge is 0.393 e. The van der Waals surface area contributed by atoms with Gasteiger partial charge in [0.1, 0.15) is 0 Å². The van der Waals surface area contributed by atoms with Crippen LogP contribution in [0.15, 0.2) is 30.3 Å². The molecular weight excluding hydrogens is 321 g/mol. The minimum atomic E-state index is -4.28. The van der Waals surface area contributed by atoms with E-state index in [-0.39, 0.29) is 18.7 Å². The van der Waals surface area contributed by atoms with Crippen LogP contribution in [0.25, 0.3) is 5.69 Å². The van der Waals surface area contributed by atoms with E-state index in [1.165, 1.54) is 9.70 Å². The summed E-state index contributed by atoms with van der Waals surface area (Å²) in [4.78, 5) is 15.1. The van der Waals surface area contributed by atoms with Crippen molar-refractivity contribution in [2.45, 2.75) is 25.9 Å². The number of nitrogens with zero attached hydrogens (tertiary/aromatic N) is 4. The molecule has 1 aliphatic rings. The highest BCUT2D eigenvalue weighted by atomic mass is 19.4. The molecule has 0 unspecified atom stereocenters. The average Bonchev–Trinajstić information content (AvgIpc) is 2.96. The van der Waals surface area contributed by atoms with Gasteiger partial charge in [0.05, 0.1) is 17.3 Å². The monoisotopic (exact) mass is 338 g/mol. The fourth-order valence-electron chi connectivity index (χ4n) is 2.83. The third-order valence-electron chi connectivity index (χ3n) is 4.14. The van der Waals surface area contributed by atoms with Crippen LogP contribution in [-0.2, 0) is 0 Å². The Morgan fingerprint density at radius 2 is 1.92 bits per heavy atom. The smallest absolute Gasteiger partial charge is 0.337 e. The fourth-order valence-corrected chi connectivity index (χ4v) is 2.83. The average molecular weight is 338 g/mol. The second-order valence-corrected chi connectivity index (χ2v) is 5.89. The van der Waals surface area contributed by atoms with Gasteiger partial charge in [-0.3, -0.25) is 4.79 Å². The van der Waals surface area contributed by atoms with E-state index in [9.17, 15) is 18.0 Å². The van der Waals surface area contributed by atoms with Crippen molar-refractivity contribution < 1.29 is 18.0 Å². The number of alkyl halides is 3. The summed E-state index contributed by atoms with van der Waals surface area (Å²) in [5, 5.41) is 8.38. The molecule has 1 fully saturated rings. The maximum atomic E-state index is 12.9. The summed E-state index contributed by atoms with van der Waals surface area (Å²) < 4.78 is 38.7. The molecule has 2 heterocycles. The number of amides is 1. The number of piperidine rings is 1. The Morgan fingerprint density at radius 3 is 2.58 bits per heavy atom. The third kappa shape index (κ3) is 3.27. The predicted molar refractivity (Wildman–Crippen MR) is 80.8 cm³/mol. The van der Waals surface area contributed by atoms with Gasteiger partial charge in [-0.2, -0.15) is 23.1 Å². The van der Waals surface area contributed by atoms with Crippen molar-refractivity contribution in [3.05, 3.63) is 41.7 Å². The maximum absolute atomic E-state index is 12.9. The summed E-state index contributed by atoms with van der Waals surface area (Å²) >= 11 is 0. The van der Waals surface area contributed by atoms with Crippen molar-refractivity contribution in [2.24, 2.45) is 5.92 Å². The van der Waals surface area contributed by atoms with Gasteiger partial charge in [0.25, 0.3) is 5.91 Å². The number of benzene rings is 1. The van der Waals surface area contributed by atoms with Crippen LogP contribution in [0.2, 0.25) is 0 Å². The summed E-state index contributed by atoms with van der Waals surface area (Å²) in [6.07, 6.45) is -3.89. The number of halogens is 3. The minimum Gasteiger partial charge on any atom is -0.337 e. The van der Waals surface area contributed by atoms with Gasteiger partial charge in [0, 0.05) is 13.1 Å². The zero-order valence-electron chi connectivity index (χ0n) is 13.1. The molecule has 0 aliphatic carbocycles. The van der Waals surface area contributed by atoms with E-state index in [0.717, 1.165) is 0 Å². The molecular formula is C16H17F3N4O. The first-order valence-corrected chi connectivity index (χ1v) is 7.71. The van der Waals surface area contributed by atoms with Crippen LogP contribution in [0.1, 0.15) is 29.0 Å². The topological polar surface area (TPSA) is 51.0 Å². The molecule has 1 atom stereocenters. The maximum Gasteiger partial charge on any atom is 0.393 e. The van der Waals surface area contributed by atoms with E-state index >= 15 is 0 Å². The lowest BCUT2D eigenvalue weighted by molar-refractivity contribution is -0.184. The number of hydrogen-bond acceptors (Lipinski definition) is 3. The van der Waals surface area contributed by atoms with E-state index < -0.39 is 18.0 Å². The highest BCUT2D eigenvalue weighted by molar-refractivity contribution is 5.93. The molecule has 1 aliphatic heterocycles. The lowest BCUT2D eigenvalue weighted by atomic mass is 9.97. The molecule has 0 bridgehead atoms. The van der Waals surface area contributed by atoms with Gasteiger partial charge in [-0.1, -0.05) is 18.2 Å². The van der Waals surface area contributed by atoms with Crippen molar-refractivity contribution in [2.75, 3.05) is 13.1 Å². The van der Waals surface area contributed by atoms with Gasteiger partial charge < -0.3 is 4.90 Å². The molecule has 128 valence electrons. The van der Waals surface area contributed by atoms with Crippen LogP contribution < -0.4 is 0 Å². The molecule has 3 rings (SSSR count). The molecule has 0 spiro atoms. The van der Waals surface area contributed by atoms with E-state index in [4.69, 9.17) is 0 Å². The van der Waals surface area contributed by atoms with Crippen LogP contribution in [0.3, 0.4) is 0 Å². The number of carbonyl (C=O) groups excluding carboxylic acids is 1. The van der Waals surface area contributed by atoms with Crippen molar-refractivity contribution >= 4 is 5.91 Å². The summed E-state index contributed by atoms with van der Waals surface area (Å²) in [6.45, 7) is 1.62. The lowest BCUT2D eigenvalue weighted by Gasteiger charge is -2.33. The Hall–Kier alpha value is -2.38. The Balaban J connectivity index is 1.82. The van der Waals surface area contributed by atoms with Gasteiger partial charge >= 0.3 is 6.18 Å². The highest BCUT2D eigenvalue weighted by Gasteiger charge is 2.43. The van der Waals surface area contributed by atoms with Gasteiger partial charge in [0.15, 0.2) is 5.69 Å². The standard InChI is InChI=1S/C16H17F3N4O/c1-11-14(21-23(20-11)13-7-3-2-4-8-13)15(24)22-9-5-6-12(10-22)16(17,18)19/h2-4,7-8,12H,5-6,9-10H2,1H3/t12-/m0/s1. The van der Waals surface area contributed by atoms with Crippen LogP contribution in [0.4, 0.5) is 13.2 Å². The van der Waals surface area contributed by atoms with Crippen molar-refractivity contribution in [3.63, 3.8) is 0 Å². The van der Waals surface area contributed by atoms with E-state index in [1.807, 2.05) is 18.2 Å². The molecule has 24 heavy (non-hydrogen) atoms. The number of carbonyl (C=O) groups is 1. The molecule has 8 heteroatoms. The van der Waals surface area contributed by atoms with Crippen LogP contribution >= 0.6 is 0 Å². The Morgan fingerprint density at radius 1 is 1.21 bits per heavy atom. The molecule has 1 amide bonds. The Kier molecular flexibility index (Phi) is 4.29. The number of aromatic nitrogens is 3. The van der Waals surface area contributed by atoms with Gasteiger partial charge in [0.2, 0.25) is 0 Å². The first-order chi connectivity index (χ1) is 11.4. The minimum absolute atomic E-state index is 0.0585. The quantitative estimate of drug-likeness (QED) is 0.846. The Labute approximate surface area is 137 Å². The number of para-hydroxylation sites is 1. The van der Waals surface area contributed by atoms with Crippen LogP contribution in [0.5, 0.6) is 0 Å². The van der Waals surface area contributed by atoms with Crippen LogP contribution in [0, 0.1) is 12.8 Å². The highest BCUT2D eigenvalue weighted by Crippen LogP contribution is 2.33. The first kappa shape index (κ1) is 16.5. The predicted octanol–water partition coefficient (Wildman–Crippen LogP) is 2.99. The number of hydrogen-bond donors (Lipinski definition) is 0. The van der Waals surface area contributed by atoms with Crippen molar-refractivity contribution in [1.29, 1.82) is 0 Å². The number of likely N-dealkylation sites (tertiary alicyclic amines) is 1. The number of rotatable bonds is 2. The zero-order valence-corrected chi connectivity index (χ0v) is 13.1. The van der Waals surface area contributed by atoms with Gasteiger partial charge in [-0.05, 0) is 31.9 Å². The zero-order chi connectivity index (χ0) is 17.3. The fraction of sp³-hybridized carbons (Fsp3) is 0.438. The molecule has 2 aromatic rings. The SMILES string of the molecule is Cc1nn(-c2ccccc2)nc1C(=O)N1CCC[C@H](C(F)(F)F)C1. The normalized spacial score (nSPS) is 18.7. The van der Waals surface area contributed by atoms with Crippen molar-refractivity contribution in [3.8, 4) is 5.69 Å². The van der Waals surface area contributed by atoms with Gasteiger partial charge in [-0.15, -0.1) is 5.10 Å². The summed E-state index contributed by atoms with van der Waals surface area (Å²) in [7, 11) is 0. The summed E-state index contributed by atoms with van der Waals surface area (Å²) in [6, 6.07) is 9.04. The van der Waals surface area contributed by atoms with Crippen molar-refractivity contribution in [1.82, 2.24) is 19.9 Å². The van der Waals surface area contributed by atoms with E-state index in [1.54, 1.807) is 19.1 Å². The number of aryl methyl sites for hydroxylation is 1. The molecule has 5 nitrogen and oxygen atoms in total. The third-order valence-corrected chi connectivity index (χ3v) is 4.14. The van der Waals surface area contributed by atoms with Gasteiger partial charge in [-0.25, -0.2) is 0 Å². The van der Waals surface area contributed by atoms with E-state index in [2.05, 4.69) is 10.2 Å².